The highest BCUT2D eigenvalue weighted by Gasteiger charge is 2.27. The van der Waals surface area contributed by atoms with E-state index in [9.17, 15) is 13.8 Å². The Morgan fingerprint density at radius 2 is 1.79 bits per heavy atom. The average molecular weight is 500 g/mol. The van der Waals surface area contributed by atoms with E-state index in [1.54, 1.807) is 71.2 Å². The van der Waals surface area contributed by atoms with Crippen LogP contribution in [0.5, 0.6) is 5.19 Å². The predicted molar refractivity (Wildman–Crippen MR) is 125 cm³/mol. The summed E-state index contributed by atoms with van der Waals surface area (Å²) in [5.74, 6) is -0.408. The number of esters is 1. The monoisotopic (exact) mass is 499 g/mol. The lowest BCUT2D eigenvalue weighted by Crippen LogP contribution is -2.36. The third kappa shape index (κ3) is 9.46. The molecule has 3 N–H and O–H groups in total. The molecule has 1 heterocycles. The van der Waals surface area contributed by atoms with Crippen LogP contribution in [0.3, 0.4) is 0 Å². The van der Waals surface area contributed by atoms with Crippen molar-refractivity contribution in [2.75, 3.05) is 5.48 Å². The molecule has 0 aliphatic heterocycles. The van der Waals surface area contributed by atoms with Crippen LogP contribution in [0.1, 0.15) is 58.8 Å². The Bertz CT molecular complexity index is 979. The van der Waals surface area contributed by atoms with Gasteiger partial charge in [-0.15, -0.1) is 4.28 Å². The van der Waals surface area contributed by atoms with Gasteiger partial charge in [0.15, 0.2) is 0 Å². The topological polar surface area (TPSA) is 136 Å². The van der Waals surface area contributed by atoms with Gasteiger partial charge in [0, 0.05) is 5.38 Å². The molecule has 1 amide bonds. The lowest BCUT2D eigenvalue weighted by Gasteiger charge is -2.23. The zero-order valence-corrected chi connectivity index (χ0v) is 21.0. The quantitative estimate of drug-likeness (QED) is 0.274. The van der Waals surface area contributed by atoms with Gasteiger partial charge in [0.25, 0.3) is 5.19 Å². The Labute approximate surface area is 199 Å². The number of hydrogen-bond acceptors (Lipinski definition) is 9. The van der Waals surface area contributed by atoms with Crippen molar-refractivity contribution in [3.63, 3.8) is 0 Å². The lowest BCUT2D eigenvalue weighted by atomic mass is 9.98. The smallest absolute Gasteiger partial charge is 0.408 e. The first-order valence-corrected chi connectivity index (χ1v) is 11.9. The molecule has 10 nitrogen and oxygen atoms in total. The van der Waals surface area contributed by atoms with E-state index in [-0.39, 0.29) is 5.19 Å². The molecule has 2 aromatic rings. The molecule has 1 aromatic heterocycles. The van der Waals surface area contributed by atoms with Crippen LogP contribution in [0.4, 0.5) is 10.5 Å². The number of anilines is 1. The molecule has 0 radical (unpaired) electrons. The zero-order chi connectivity index (χ0) is 24.8. The first-order chi connectivity index (χ1) is 15.2. The summed E-state index contributed by atoms with van der Waals surface area (Å²) in [7, 11) is 0. The van der Waals surface area contributed by atoms with Gasteiger partial charge < -0.3 is 14.8 Å². The highest BCUT2D eigenvalue weighted by Crippen LogP contribution is 2.28. The highest BCUT2D eigenvalue weighted by molar-refractivity contribution is 7.74. The summed E-state index contributed by atoms with van der Waals surface area (Å²) in [6.07, 6.45) is -0.242. The number of nitrogens with zero attached hydrogens (tertiary/aromatic N) is 1. The first-order valence-electron chi connectivity index (χ1n) is 10.0. The Morgan fingerprint density at radius 1 is 1.15 bits per heavy atom. The van der Waals surface area contributed by atoms with E-state index >= 15 is 0 Å². The summed E-state index contributed by atoms with van der Waals surface area (Å²) in [5, 5.41) is 4.72. The molecular formula is C21H29N3O7S2. The van der Waals surface area contributed by atoms with Crippen molar-refractivity contribution >= 4 is 40.4 Å². The summed E-state index contributed by atoms with van der Waals surface area (Å²) >= 11 is -1.28. The summed E-state index contributed by atoms with van der Waals surface area (Å²) in [4.78, 5) is 29.0. The second-order valence-electron chi connectivity index (χ2n) is 9.18. The number of thiazole rings is 1. The number of carbonyl (C=O) groups is 2. The van der Waals surface area contributed by atoms with Gasteiger partial charge in [-0.25, -0.2) is 15.3 Å². The number of rotatable bonds is 8. The SMILES string of the molecule is CC(C)(C)OC(=O)N[C@@H](Cc1ccc(NOS(=O)O)cc1)c1csc(OC(=O)C(C)(C)C)n1. The molecule has 12 heteroatoms. The maximum atomic E-state index is 12.4. The number of carbonyl (C=O) groups excluding carboxylic acids is 2. The second kappa shape index (κ2) is 11.1. The van der Waals surface area contributed by atoms with Crippen molar-refractivity contribution in [1.29, 1.82) is 0 Å². The van der Waals surface area contributed by atoms with Crippen LogP contribution in [-0.4, -0.2) is 31.4 Å². The minimum Gasteiger partial charge on any atom is -0.444 e. The minimum atomic E-state index is -2.44. The van der Waals surface area contributed by atoms with Crippen molar-refractivity contribution in [3.8, 4) is 5.19 Å². The summed E-state index contributed by atoms with van der Waals surface area (Å²) in [5.41, 5.74) is 2.83. The van der Waals surface area contributed by atoms with E-state index in [1.807, 2.05) is 0 Å². The normalized spacial score (nSPS) is 13.7. The van der Waals surface area contributed by atoms with Gasteiger partial charge in [-0.05, 0) is 65.7 Å². The van der Waals surface area contributed by atoms with Crippen LogP contribution in [-0.2, 0) is 31.6 Å². The van der Waals surface area contributed by atoms with E-state index in [0.29, 0.717) is 17.8 Å². The maximum Gasteiger partial charge on any atom is 0.408 e. The molecule has 1 unspecified atom stereocenters. The van der Waals surface area contributed by atoms with E-state index in [2.05, 4.69) is 20.1 Å². The van der Waals surface area contributed by atoms with E-state index < -0.39 is 40.5 Å². The van der Waals surface area contributed by atoms with Crippen molar-refractivity contribution in [3.05, 3.63) is 40.9 Å². The molecule has 2 atom stereocenters. The molecule has 1 aromatic carbocycles. The lowest BCUT2D eigenvalue weighted by molar-refractivity contribution is -0.143. The molecule has 0 spiro atoms. The molecule has 0 aliphatic carbocycles. The largest absolute Gasteiger partial charge is 0.444 e. The summed E-state index contributed by atoms with van der Waals surface area (Å²) < 4.78 is 34.5. The Kier molecular flexibility index (Phi) is 8.95. The van der Waals surface area contributed by atoms with Crippen LogP contribution < -0.4 is 15.5 Å². The summed E-state index contributed by atoms with van der Waals surface area (Å²) in [6, 6.07) is 6.29. The Morgan fingerprint density at radius 3 is 2.33 bits per heavy atom. The van der Waals surface area contributed by atoms with Gasteiger partial charge in [-0.2, -0.15) is 4.21 Å². The van der Waals surface area contributed by atoms with Crippen LogP contribution in [0.15, 0.2) is 29.6 Å². The number of amides is 1. The van der Waals surface area contributed by atoms with Gasteiger partial charge in [-0.3, -0.25) is 9.35 Å². The van der Waals surface area contributed by atoms with Crippen molar-refractivity contribution < 1.29 is 32.1 Å². The first kappa shape index (κ1) is 26.7. The van der Waals surface area contributed by atoms with Crippen molar-refractivity contribution in [1.82, 2.24) is 10.3 Å². The second-order valence-corrected chi connectivity index (χ2v) is 10.6. The fourth-order valence-corrected chi connectivity index (χ4v) is 3.30. The van der Waals surface area contributed by atoms with Crippen LogP contribution >= 0.6 is 11.3 Å². The van der Waals surface area contributed by atoms with Crippen molar-refractivity contribution in [2.24, 2.45) is 5.41 Å². The van der Waals surface area contributed by atoms with Crippen LogP contribution in [0, 0.1) is 5.41 Å². The fraction of sp³-hybridized carbons (Fsp3) is 0.476. The van der Waals surface area contributed by atoms with Gasteiger partial charge in [-0.1, -0.05) is 23.5 Å². The molecule has 0 saturated carbocycles. The minimum absolute atomic E-state index is 0.189. The van der Waals surface area contributed by atoms with Gasteiger partial charge in [0.2, 0.25) is 0 Å². The predicted octanol–water partition coefficient (Wildman–Crippen LogP) is 4.38. The molecular weight excluding hydrogens is 470 g/mol. The highest BCUT2D eigenvalue weighted by atomic mass is 32.2. The number of ether oxygens (including phenoxy) is 2. The van der Waals surface area contributed by atoms with Crippen LogP contribution in [0.2, 0.25) is 0 Å². The van der Waals surface area contributed by atoms with Crippen molar-refractivity contribution in [2.45, 2.75) is 59.6 Å². The number of hydrogen-bond donors (Lipinski definition) is 3. The van der Waals surface area contributed by atoms with E-state index in [0.717, 1.165) is 16.9 Å². The van der Waals surface area contributed by atoms with Gasteiger partial charge >= 0.3 is 23.4 Å². The Balaban J connectivity index is 2.19. The fourth-order valence-electron chi connectivity index (χ4n) is 2.42. The maximum absolute atomic E-state index is 12.4. The summed E-state index contributed by atoms with van der Waals surface area (Å²) in [6.45, 7) is 10.5. The Hall–Kier alpha value is -2.54. The number of alkyl carbamates (subject to hydrolysis) is 1. The molecule has 0 bridgehead atoms. The van der Waals surface area contributed by atoms with Crippen LogP contribution in [0.25, 0.3) is 0 Å². The number of aromatic nitrogens is 1. The average Bonchev–Trinajstić information content (AvgIpc) is 3.13. The molecule has 0 saturated heterocycles. The number of nitrogens with one attached hydrogen (secondary N) is 2. The van der Waals surface area contributed by atoms with E-state index in [4.69, 9.17) is 14.0 Å². The third-order valence-electron chi connectivity index (χ3n) is 3.97. The molecule has 182 valence electrons. The van der Waals surface area contributed by atoms with Gasteiger partial charge in [0.05, 0.1) is 22.8 Å². The third-order valence-corrected chi connectivity index (χ3v) is 4.93. The van der Waals surface area contributed by atoms with E-state index in [1.165, 1.54) is 0 Å². The zero-order valence-electron chi connectivity index (χ0n) is 19.3. The molecule has 2 rings (SSSR count). The molecule has 0 fully saturated rings. The molecule has 33 heavy (non-hydrogen) atoms. The molecule has 0 aliphatic rings. The number of benzene rings is 1. The standard InChI is InChI=1S/C21H29N3O7S2/c1-20(2,3)17(25)29-19-23-16(12-32-19)15(22-18(26)30-21(4,5)6)11-13-7-9-14(10-8-13)24-31-33(27)28/h7-10,12,15,24H,11H2,1-6H3,(H,22,26)(H,27,28)/t15-/m0/s1. The van der Waals surface area contributed by atoms with Gasteiger partial charge in [0.1, 0.15) is 5.60 Å².